The fraction of sp³-hybridized carbons (Fsp3) is 0.471. The van der Waals surface area contributed by atoms with Crippen LogP contribution in [0.2, 0.25) is 0 Å². The van der Waals surface area contributed by atoms with Gasteiger partial charge < -0.3 is 10.6 Å². The summed E-state index contributed by atoms with van der Waals surface area (Å²) in [6.45, 7) is 3.06. The lowest BCUT2D eigenvalue weighted by molar-refractivity contribution is -0.134. The van der Waals surface area contributed by atoms with Gasteiger partial charge in [0.05, 0.1) is 16.9 Å². The summed E-state index contributed by atoms with van der Waals surface area (Å²) in [4.78, 5) is 30.5. The first-order valence-corrected chi connectivity index (χ1v) is 9.95. The lowest BCUT2D eigenvalue weighted by Crippen LogP contribution is -2.46. The third-order valence-electron chi connectivity index (χ3n) is 4.32. The van der Waals surface area contributed by atoms with E-state index in [0.717, 1.165) is 28.7 Å². The Labute approximate surface area is 150 Å². The van der Waals surface area contributed by atoms with Gasteiger partial charge in [0.25, 0.3) is 0 Å². The van der Waals surface area contributed by atoms with Gasteiger partial charge in [0.1, 0.15) is 4.38 Å². The van der Waals surface area contributed by atoms with Crippen molar-refractivity contribution in [1.29, 1.82) is 0 Å². The molecule has 0 bridgehead atoms. The van der Waals surface area contributed by atoms with Crippen LogP contribution in [0.5, 0.6) is 0 Å². The van der Waals surface area contributed by atoms with Crippen molar-refractivity contribution in [2.45, 2.75) is 30.8 Å². The van der Waals surface area contributed by atoms with Crippen molar-refractivity contribution in [3.63, 3.8) is 0 Å². The number of fused-ring (bicyclic) bond motifs is 1. The van der Waals surface area contributed by atoms with Gasteiger partial charge in [-0.15, -0.1) is 0 Å². The second kappa shape index (κ2) is 7.61. The fourth-order valence-corrected chi connectivity index (χ4v) is 5.21. The van der Waals surface area contributed by atoms with Gasteiger partial charge in [-0.25, -0.2) is 4.99 Å². The number of primary amides is 1. The molecule has 2 N–H and O–H groups in total. The topological polar surface area (TPSA) is 75.8 Å². The minimum atomic E-state index is -0.309. The molecular formula is C17H21N3O2S2. The van der Waals surface area contributed by atoms with Crippen LogP contribution in [0, 0.1) is 5.92 Å². The number of hydrogen-bond acceptors (Lipinski definition) is 5. The van der Waals surface area contributed by atoms with Crippen molar-refractivity contribution in [2.24, 2.45) is 16.6 Å². The fourth-order valence-electron chi connectivity index (χ4n) is 2.94. The first-order chi connectivity index (χ1) is 11.5. The van der Waals surface area contributed by atoms with E-state index in [2.05, 4.69) is 11.1 Å². The predicted molar refractivity (Wildman–Crippen MR) is 100 cm³/mol. The van der Waals surface area contributed by atoms with E-state index < -0.39 is 0 Å². The minimum absolute atomic E-state index is 0.0631. The summed E-state index contributed by atoms with van der Waals surface area (Å²) in [5.41, 5.74) is 7.61. The van der Waals surface area contributed by atoms with Crippen LogP contribution in [0.3, 0.4) is 0 Å². The van der Waals surface area contributed by atoms with E-state index >= 15 is 0 Å². The molecule has 1 saturated heterocycles. The van der Waals surface area contributed by atoms with Crippen LogP contribution in [-0.2, 0) is 15.3 Å². The number of aliphatic imine (C=N–C) groups is 1. The van der Waals surface area contributed by atoms with Crippen molar-refractivity contribution >= 4 is 45.4 Å². The largest absolute Gasteiger partial charge is 0.369 e. The molecule has 24 heavy (non-hydrogen) atoms. The molecule has 128 valence electrons. The smallest absolute Gasteiger partial charge is 0.235 e. The van der Waals surface area contributed by atoms with Crippen LogP contribution in [-0.4, -0.2) is 39.4 Å². The van der Waals surface area contributed by atoms with E-state index in [1.165, 1.54) is 17.3 Å². The highest BCUT2D eigenvalue weighted by Crippen LogP contribution is 2.36. The average molecular weight is 364 g/mol. The average Bonchev–Trinajstić information content (AvgIpc) is 2.61. The van der Waals surface area contributed by atoms with Crippen molar-refractivity contribution < 1.29 is 9.59 Å². The summed E-state index contributed by atoms with van der Waals surface area (Å²) in [7, 11) is 0. The predicted octanol–water partition coefficient (Wildman–Crippen LogP) is 2.77. The Kier molecular flexibility index (Phi) is 5.50. The highest BCUT2D eigenvalue weighted by Gasteiger charge is 2.30. The van der Waals surface area contributed by atoms with E-state index in [9.17, 15) is 9.59 Å². The number of carbonyl (C=O) groups is 2. The molecule has 0 spiro atoms. The molecular weight excluding hydrogens is 342 g/mol. The zero-order valence-corrected chi connectivity index (χ0v) is 15.2. The van der Waals surface area contributed by atoms with Gasteiger partial charge in [0.2, 0.25) is 11.8 Å². The number of nitrogens with two attached hydrogens (primary N) is 1. The maximum Gasteiger partial charge on any atom is 0.235 e. The van der Waals surface area contributed by atoms with Gasteiger partial charge in [-0.1, -0.05) is 41.7 Å². The molecule has 5 nitrogen and oxygen atoms in total. The molecule has 0 radical (unpaired) electrons. The molecule has 2 atom stereocenters. The van der Waals surface area contributed by atoms with Crippen LogP contribution in [0.1, 0.15) is 25.3 Å². The molecule has 2 heterocycles. The molecule has 1 aromatic rings. The molecule has 0 unspecified atom stereocenters. The number of benzene rings is 1. The first-order valence-electron chi connectivity index (χ1n) is 8.08. The van der Waals surface area contributed by atoms with Gasteiger partial charge in [0, 0.05) is 18.8 Å². The van der Waals surface area contributed by atoms with Crippen molar-refractivity contribution in [2.75, 3.05) is 13.1 Å². The van der Waals surface area contributed by atoms with Crippen molar-refractivity contribution in [3.8, 4) is 0 Å². The van der Waals surface area contributed by atoms with E-state index in [1.54, 1.807) is 16.7 Å². The van der Waals surface area contributed by atoms with Gasteiger partial charge in [-0.3, -0.25) is 9.59 Å². The summed E-state index contributed by atoms with van der Waals surface area (Å²) in [6, 6.07) is 8.08. The summed E-state index contributed by atoms with van der Waals surface area (Å²) in [5, 5.41) is -0.215. The van der Waals surface area contributed by atoms with E-state index in [0.29, 0.717) is 13.1 Å². The Morgan fingerprint density at radius 3 is 3.00 bits per heavy atom. The van der Waals surface area contributed by atoms with Crippen LogP contribution in [0.25, 0.3) is 0 Å². The van der Waals surface area contributed by atoms with Gasteiger partial charge in [0.15, 0.2) is 0 Å². The quantitative estimate of drug-likeness (QED) is 0.896. The number of thioether (sulfide) groups is 2. The molecule has 2 aliphatic rings. The molecule has 3 rings (SSSR count). The number of piperidine rings is 1. The Hall–Kier alpha value is -1.47. The highest BCUT2D eigenvalue weighted by molar-refractivity contribution is 8.39. The molecule has 0 aliphatic carbocycles. The lowest BCUT2D eigenvalue weighted by Gasteiger charge is -2.33. The van der Waals surface area contributed by atoms with E-state index in [-0.39, 0.29) is 23.0 Å². The van der Waals surface area contributed by atoms with Crippen LogP contribution >= 0.6 is 23.5 Å². The normalized spacial score (nSPS) is 21.6. The Morgan fingerprint density at radius 1 is 1.42 bits per heavy atom. The zero-order valence-electron chi connectivity index (χ0n) is 13.6. The van der Waals surface area contributed by atoms with Crippen molar-refractivity contribution in [3.05, 3.63) is 29.8 Å². The molecule has 1 fully saturated rings. The van der Waals surface area contributed by atoms with Gasteiger partial charge in [-0.05, 0) is 31.4 Å². The Bertz CT molecular complexity index is 678. The molecule has 7 heteroatoms. The molecule has 0 saturated carbocycles. The Balaban J connectivity index is 1.63. The number of para-hydroxylation sites is 1. The maximum absolute atomic E-state index is 12.7. The molecule has 2 aliphatic heterocycles. The summed E-state index contributed by atoms with van der Waals surface area (Å²) in [6.07, 6.45) is 1.61. The second-order valence-corrected chi connectivity index (χ2v) is 8.63. The zero-order chi connectivity index (χ0) is 17.1. The SMILES string of the molecule is C[C@@H](SC1=Nc2ccccc2CS1)C(=O)N1CCC[C@@H](C(N)=O)C1. The number of amides is 2. The van der Waals surface area contributed by atoms with Gasteiger partial charge >= 0.3 is 0 Å². The number of hydrogen-bond donors (Lipinski definition) is 1. The number of carbonyl (C=O) groups excluding carboxylic acids is 2. The second-order valence-electron chi connectivity index (χ2n) is 6.08. The van der Waals surface area contributed by atoms with Crippen LogP contribution in [0.15, 0.2) is 29.3 Å². The number of nitrogens with zero attached hydrogens (tertiary/aromatic N) is 2. The third kappa shape index (κ3) is 3.95. The summed E-state index contributed by atoms with van der Waals surface area (Å²) >= 11 is 3.17. The van der Waals surface area contributed by atoms with Crippen LogP contribution < -0.4 is 5.73 Å². The maximum atomic E-state index is 12.7. The Morgan fingerprint density at radius 2 is 2.21 bits per heavy atom. The standard InChI is InChI=1S/C17H21N3O2S2/c1-11(16(22)20-8-4-6-12(9-20)15(18)21)24-17-19-14-7-3-2-5-13(14)10-23-17/h2-3,5,7,11-12H,4,6,8-10H2,1H3,(H2,18,21)/t11-,12-/m1/s1. The summed E-state index contributed by atoms with van der Waals surface area (Å²) < 4.78 is 0.929. The van der Waals surface area contributed by atoms with E-state index in [4.69, 9.17) is 5.73 Å². The highest BCUT2D eigenvalue weighted by atomic mass is 32.2. The number of likely N-dealkylation sites (tertiary alicyclic amines) is 1. The molecule has 0 aromatic heterocycles. The molecule has 1 aromatic carbocycles. The number of rotatable bonds is 3. The lowest BCUT2D eigenvalue weighted by atomic mass is 9.97. The van der Waals surface area contributed by atoms with Gasteiger partial charge in [-0.2, -0.15) is 0 Å². The minimum Gasteiger partial charge on any atom is -0.369 e. The third-order valence-corrected chi connectivity index (χ3v) is 6.60. The van der Waals surface area contributed by atoms with Crippen molar-refractivity contribution in [1.82, 2.24) is 4.90 Å². The molecule has 2 amide bonds. The van der Waals surface area contributed by atoms with E-state index in [1.807, 2.05) is 25.1 Å². The summed E-state index contributed by atoms with van der Waals surface area (Å²) in [5.74, 6) is 0.425. The monoisotopic (exact) mass is 363 g/mol. The first kappa shape index (κ1) is 17.4. The van der Waals surface area contributed by atoms with Crippen LogP contribution in [0.4, 0.5) is 5.69 Å².